The van der Waals surface area contributed by atoms with E-state index in [0.29, 0.717) is 18.1 Å². The second kappa shape index (κ2) is 6.46. The van der Waals surface area contributed by atoms with Gasteiger partial charge < -0.3 is 10.5 Å². The first-order valence-corrected chi connectivity index (χ1v) is 6.19. The molecule has 3 heteroatoms. The smallest absolute Gasteiger partial charge is 0.0674 e. The summed E-state index contributed by atoms with van der Waals surface area (Å²) in [5.41, 5.74) is 5.61. The summed E-state index contributed by atoms with van der Waals surface area (Å²) in [4.78, 5) is 2.54. The molecule has 0 aromatic rings. The fourth-order valence-electron chi connectivity index (χ4n) is 2.04. The van der Waals surface area contributed by atoms with Gasteiger partial charge >= 0.3 is 0 Å². The summed E-state index contributed by atoms with van der Waals surface area (Å²) in [5.74, 6) is 0.666. The van der Waals surface area contributed by atoms with Crippen LogP contribution in [-0.4, -0.2) is 43.3 Å². The van der Waals surface area contributed by atoms with Crippen LogP contribution in [0, 0.1) is 5.92 Å². The Morgan fingerprint density at radius 3 is 2.87 bits per heavy atom. The maximum Gasteiger partial charge on any atom is 0.0674 e. The average molecular weight is 214 g/mol. The van der Waals surface area contributed by atoms with E-state index in [4.69, 9.17) is 10.5 Å². The summed E-state index contributed by atoms with van der Waals surface area (Å²) in [6, 6.07) is 0.578. The Morgan fingerprint density at radius 2 is 2.20 bits per heavy atom. The van der Waals surface area contributed by atoms with Crippen LogP contribution in [0.15, 0.2) is 0 Å². The van der Waals surface area contributed by atoms with Crippen LogP contribution in [0.4, 0.5) is 0 Å². The number of ether oxygens (including phenoxy) is 1. The molecule has 1 saturated heterocycles. The summed E-state index contributed by atoms with van der Waals surface area (Å²) in [5, 5.41) is 0. The first-order valence-electron chi connectivity index (χ1n) is 6.19. The lowest BCUT2D eigenvalue weighted by Gasteiger charge is -2.36. The molecular formula is C12H26N2O. The number of morpholine rings is 1. The van der Waals surface area contributed by atoms with Gasteiger partial charge in [0.25, 0.3) is 0 Å². The van der Waals surface area contributed by atoms with Gasteiger partial charge in [-0.2, -0.15) is 0 Å². The molecule has 15 heavy (non-hydrogen) atoms. The Balaban J connectivity index is 2.18. The first kappa shape index (κ1) is 12.9. The van der Waals surface area contributed by atoms with E-state index in [-0.39, 0.29) is 0 Å². The third-order valence-corrected chi connectivity index (χ3v) is 3.28. The highest BCUT2D eigenvalue weighted by Gasteiger charge is 2.22. The van der Waals surface area contributed by atoms with Crippen LogP contribution in [0.2, 0.25) is 0 Å². The van der Waals surface area contributed by atoms with Crippen molar-refractivity contribution < 1.29 is 4.74 Å². The van der Waals surface area contributed by atoms with Crippen molar-refractivity contribution in [1.29, 1.82) is 0 Å². The van der Waals surface area contributed by atoms with Gasteiger partial charge in [0, 0.05) is 12.6 Å². The largest absolute Gasteiger partial charge is 0.376 e. The van der Waals surface area contributed by atoms with E-state index in [1.165, 1.54) is 19.4 Å². The predicted octanol–water partition coefficient (Wildman–Crippen LogP) is 1.47. The maximum absolute atomic E-state index is 5.61. The molecule has 2 N–H and O–H groups in total. The van der Waals surface area contributed by atoms with E-state index in [0.717, 1.165) is 19.7 Å². The fraction of sp³-hybridized carbons (Fsp3) is 1.00. The van der Waals surface area contributed by atoms with Crippen LogP contribution >= 0.6 is 0 Å². The average Bonchev–Trinajstić information content (AvgIpc) is 2.23. The van der Waals surface area contributed by atoms with Crippen molar-refractivity contribution in [2.45, 2.75) is 45.8 Å². The molecule has 3 atom stereocenters. The summed E-state index contributed by atoms with van der Waals surface area (Å²) >= 11 is 0. The molecule has 0 amide bonds. The molecule has 1 aliphatic rings. The van der Waals surface area contributed by atoms with E-state index in [9.17, 15) is 0 Å². The zero-order chi connectivity index (χ0) is 11.3. The molecule has 0 aromatic carbocycles. The number of rotatable bonds is 5. The highest BCUT2D eigenvalue weighted by molar-refractivity contribution is 4.75. The van der Waals surface area contributed by atoms with Gasteiger partial charge in [-0.15, -0.1) is 0 Å². The third-order valence-electron chi connectivity index (χ3n) is 3.28. The van der Waals surface area contributed by atoms with Crippen molar-refractivity contribution in [3.05, 3.63) is 0 Å². The van der Waals surface area contributed by atoms with Crippen molar-refractivity contribution in [2.24, 2.45) is 11.7 Å². The molecule has 3 nitrogen and oxygen atoms in total. The van der Waals surface area contributed by atoms with Gasteiger partial charge in [0.2, 0.25) is 0 Å². The van der Waals surface area contributed by atoms with Crippen LogP contribution in [0.5, 0.6) is 0 Å². The lowest BCUT2D eigenvalue weighted by Crippen LogP contribution is -2.47. The SMILES string of the molecule is CC(CN)CCCN1CC(C)OCC1C. The summed E-state index contributed by atoms with van der Waals surface area (Å²) in [6.45, 7) is 10.6. The summed E-state index contributed by atoms with van der Waals surface area (Å²) in [7, 11) is 0. The standard InChI is InChI=1S/C12H26N2O/c1-10(7-13)5-4-6-14-8-12(3)15-9-11(14)2/h10-12H,4-9,13H2,1-3H3. The van der Waals surface area contributed by atoms with Gasteiger partial charge in [0.05, 0.1) is 12.7 Å². The Labute approximate surface area is 94.0 Å². The molecule has 0 aliphatic carbocycles. The molecule has 1 heterocycles. The zero-order valence-electron chi connectivity index (χ0n) is 10.4. The molecule has 0 aromatic heterocycles. The Kier molecular flexibility index (Phi) is 5.58. The van der Waals surface area contributed by atoms with E-state index in [2.05, 4.69) is 25.7 Å². The number of hydrogen-bond acceptors (Lipinski definition) is 3. The number of nitrogens with zero attached hydrogens (tertiary/aromatic N) is 1. The normalized spacial score (nSPS) is 30.4. The Bertz CT molecular complexity index is 175. The Hall–Kier alpha value is -0.120. The fourth-order valence-corrected chi connectivity index (χ4v) is 2.04. The van der Waals surface area contributed by atoms with E-state index < -0.39 is 0 Å². The highest BCUT2D eigenvalue weighted by Crippen LogP contribution is 2.13. The topological polar surface area (TPSA) is 38.5 Å². The van der Waals surface area contributed by atoms with Crippen LogP contribution in [0.3, 0.4) is 0 Å². The minimum absolute atomic E-state index is 0.396. The van der Waals surface area contributed by atoms with Gasteiger partial charge in [-0.25, -0.2) is 0 Å². The van der Waals surface area contributed by atoms with Gasteiger partial charge in [-0.1, -0.05) is 6.92 Å². The van der Waals surface area contributed by atoms with Crippen molar-refractivity contribution in [3.63, 3.8) is 0 Å². The molecule has 0 radical (unpaired) electrons. The van der Waals surface area contributed by atoms with Gasteiger partial charge in [0.1, 0.15) is 0 Å². The monoisotopic (exact) mass is 214 g/mol. The third kappa shape index (κ3) is 4.49. The minimum atomic E-state index is 0.396. The summed E-state index contributed by atoms with van der Waals surface area (Å²) < 4.78 is 5.61. The number of hydrogen-bond donors (Lipinski definition) is 1. The molecule has 90 valence electrons. The molecule has 0 saturated carbocycles. The zero-order valence-corrected chi connectivity index (χ0v) is 10.4. The first-order chi connectivity index (χ1) is 7.13. The summed E-state index contributed by atoms with van der Waals surface area (Å²) in [6.07, 6.45) is 2.90. The minimum Gasteiger partial charge on any atom is -0.376 e. The van der Waals surface area contributed by atoms with Crippen molar-refractivity contribution in [1.82, 2.24) is 4.90 Å². The van der Waals surface area contributed by atoms with Crippen molar-refractivity contribution >= 4 is 0 Å². The second-order valence-corrected chi connectivity index (χ2v) is 4.97. The maximum atomic E-state index is 5.61. The van der Waals surface area contributed by atoms with Gasteiger partial charge in [-0.05, 0) is 45.7 Å². The lowest BCUT2D eigenvalue weighted by atomic mass is 10.1. The van der Waals surface area contributed by atoms with Crippen molar-refractivity contribution in [2.75, 3.05) is 26.2 Å². The van der Waals surface area contributed by atoms with Gasteiger partial charge in [-0.3, -0.25) is 4.90 Å². The van der Waals surface area contributed by atoms with Crippen LogP contribution in [0.1, 0.15) is 33.6 Å². The van der Waals surface area contributed by atoms with E-state index >= 15 is 0 Å². The molecule has 0 bridgehead atoms. The molecule has 1 aliphatic heterocycles. The van der Waals surface area contributed by atoms with E-state index in [1.54, 1.807) is 0 Å². The predicted molar refractivity (Wildman–Crippen MR) is 63.9 cm³/mol. The molecule has 3 unspecified atom stereocenters. The van der Waals surface area contributed by atoms with Crippen LogP contribution < -0.4 is 5.73 Å². The molecule has 0 spiro atoms. The van der Waals surface area contributed by atoms with E-state index in [1.807, 2.05) is 0 Å². The highest BCUT2D eigenvalue weighted by atomic mass is 16.5. The molecule has 1 fully saturated rings. The quantitative estimate of drug-likeness (QED) is 0.753. The van der Waals surface area contributed by atoms with Crippen LogP contribution in [0.25, 0.3) is 0 Å². The van der Waals surface area contributed by atoms with Gasteiger partial charge in [0.15, 0.2) is 0 Å². The lowest BCUT2D eigenvalue weighted by molar-refractivity contribution is -0.0498. The Morgan fingerprint density at radius 1 is 1.47 bits per heavy atom. The number of nitrogens with two attached hydrogens (primary N) is 1. The van der Waals surface area contributed by atoms with Crippen molar-refractivity contribution in [3.8, 4) is 0 Å². The molecular weight excluding hydrogens is 188 g/mol. The second-order valence-electron chi connectivity index (χ2n) is 4.97. The van der Waals surface area contributed by atoms with Crippen LogP contribution in [-0.2, 0) is 4.74 Å². The molecule has 1 rings (SSSR count).